The van der Waals surface area contributed by atoms with Gasteiger partial charge in [-0.05, 0) is 44.0 Å². The maximum Gasteiger partial charge on any atom is 0.242 e. The van der Waals surface area contributed by atoms with Gasteiger partial charge in [0.15, 0.2) is 9.84 Å². The number of sulfone groups is 1. The minimum absolute atomic E-state index is 0.0630. The van der Waals surface area contributed by atoms with Crippen LogP contribution in [-0.4, -0.2) is 49.9 Å². The molecule has 2 rings (SSSR count). The first kappa shape index (κ1) is 17.3. The Morgan fingerprint density at radius 2 is 2.18 bits per heavy atom. The van der Waals surface area contributed by atoms with Crippen molar-refractivity contribution in [2.24, 2.45) is 0 Å². The first-order valence-corrected chi connectivity index (χ1v) is 9.93. The maximum absolute atomic E-state index is 12.4. The average molecular weight is 389 g/mol. The first-order valence-electron chi connectivity index (χ1n) is 7.32. The first-order chi connectivity index (χ1) is 10.3. The summed E-state index contributed by atoms with van der Waals surface area (Å²) in [4.78, 5) is 14.1. The predicted molar refractivity (Wildman–Crippen MR) is 91.8 cm³/mol. The summed E-state index contributed by atoms with van der Waals surface area (Å²) in [7, 11) is -2.98. The summed E-state index contributed by atoms with van der Waals surface area (Å²) in [5.41, 5.74) is 1.96. The molecule has 5 nitrogen and oxygen atoms in total. The molecule has 1 aromatic carbocycles. The summed E-state index contributed by atoms with van der Waals surface area (Å²) in [5.74, 6) is 0.205. The molecule has 1 aliphatic heterocycles. The largest absolute Gasteiger partial charge is 0.376 e. The fraction of sp³-hybridized carbons (Fsp3) is 0.533. The second-order valence-corrected chi connectivity index (χ2v) is 8.69. The SMILES string of the molecule is CCN(C(=O)CNc1ccc(Br)cc1C)C1CCS(=O)(=O)C1. The highest BCUT2D eigenvalue weighted by Gasteiger charge is 2.33. The number of aryl methyl sites for hydroxylation is 1. The van der Waals surface area contributed by atoms with Crippen molar-refractivity contribution in [3.8, 4) is 0 Å². The van der Waals surface area contributed by atoms with E-state index in [2.05, 4.69) is 21.2 Å². The van der Waals surface area contributed by atoms with E-state index in [9.17, 15) is 13.2 Å². The maximum atomic E-state index is 12.4. The summed E-state index contributed by atoms with van der Waals surface area (Å²) in [6, 6.07) is 5.63. The van der Waals surface area contributed by atoms with Gasteiger partial charge in [-0.2, -0.15) is 0 Å². The van der Waals surface area contributed by atoms with Gasteiger partial charge >= 0.3 is 0 Å². The van der Waals surface area contributed by atoms with Crippen LogP contribution in [0.4, 0.5) is 5.69 Å². The van der Waals surface area contributed by atoms with Crippen LogP contribution in [0.5, 0.6) is 0 Å². The van der Waals surface area contributed by atoms with Crippen LogP contribution in [0.25, 0.3) is 0 Å². The molecule has 0 bridgehead atoms. The number of nitrogens with zero attached hydrogens (tertiary/aromatic N) is 1. The third kappa shape index (κ3) is 4.23. The lowest BCUT2D eigenvalue weighted by atomic mass is 10.2. The number of hydrogen-bond acceptors (Lipinski definition) is 4. The van der Waals surface area contributed by atoms with Gasteiger partial charge in [-0.25, -0.2) is 8.42 Å². The van der Waals surface area contributed by atoms with Crippen molar-refractivity contribution in [2.45, 2.75) is 26.3 Å². The van der Waals surface area contributed by atoms with Gasteiger partial charge in [0, 0.05) is 22.7 Å². The van der Waals surface area contributed by atoms with Crippen LogP contribution in [0.2, 0.25) is 0 Å². The zero-order chi connectivity index (χ0) is 16.3. The fourth-order valence-electron chi connectivity index (χ4n) is 2.76. The third-order valence-corrected chi connectivity index (χ3v) is 6.17. The van der Waals surface area contributed by atoms with Crippen molar-refractivity contribution in [3.63, 3.8) is 0 Å². The number of carbonyl (C=O) groups excluding carboxylic acids is 1. The van der Waals surface area contributed by atoms with Gasteiger partial charge in [0.25, 0.3) is 0 Å². The lowest BCUT2D eigenvalue weighted by Crippen LogP contribution is -2.43. The van der Waals surface area contributed by atoms with E-state index in [1.807, 2.05) is 32.0 Å². The van der Waals surface area contributed by atoms with E-state index in [1.54, 1.807) is 4.90 Å². The van der Waals surface area contributed by atoms with E-state index >= 15 is 0 Å². The van der Waals surface area contributed by atoms with Gasteiger partial charge in [-0.1, -0.05) is 15.9 Å². The van der Waals surface area contributed by atoms with Gasteiger partial charge in [0.1, 0.15) is 0 Å². The molecule has 1 amide bonds. The second-order valence-electron chi connectivity index (χ2n) is 5.55. The number of halogens is 1. The Bertz CT molecular complexity index is 661. The number of benzene rings is 1. The summed E-state index contributed by atoms with van der Waals surface area (Å²) < 4.78 is 24.2. The van der Waals surface area contributed by atoms with Crippen LogP contribution >= 0.6 is 15.9 Å². The molecule has 1 unspecified atom stereocenters. The van der Waals surface area contributed by atoms with Gasteiger partial charge in [-0.3, -0.25) is 4.79 Å². The van der Waals surface area contributed by atoms with E-state index in [0.29, 0.717) is 13.0 Å². The predicted octanol–water partition coefficient (Wildman–Crippen LogP) is 2.21. The average Bonchev–Trinajstić information content (AvgIpc) is 2.78. The Hall–Kier alpha value is -1.08. The van der Waals surface area contributed by atoms with E-state index in [-0.39, 0.29) is 30.0 Å². The number of likely N-dealkylation sites (N-methyl/N-ethyl adjacent to an activating group) is 1. The number of rotatable bonds is 5. The molecule has 0 aromatic heterocycles. The second kappa shape index (κ2) is 7.00. The zero-order valence-corrected chi connectivity index (χ0v) is 15.2. The molecule has 0 aliphatic carbocycles. The van der Waals surface area contributed by atoms with Gasteiger partial charge < -0.3 is 10.2 Å². The van der Waals surface area contributed by atoms with Crippen molar-refractivity contribution in [3.05, 3.63) is 28.2 Å². The summed E-state index contributed by atoms with van der Waals surface area (Å²) >= 11 is 3.41. The topological polar surface area (TPSA) is 66.5 Å². The number of carbonyl (C=O) groups is 1. The lowest BCUT2D eigenvalue weighted by Gasteiger charge is -2.27. The minimum Gasteiger partial charge on any atom is -0.376 e. The fourth-order valence-corrected chi connectivity index (χ4v) is 4.96. The van der Waals surface area contributed by atoms with Gasteiger partial charge in [0.05, 0.1) is 18.1 Å². The highest BCUT2D eigenvalue weighted by atomic mass is 79.9. The third-order valence-electron chi connectivity index (χ3n) is 3.93. The van der Waals surface area contributed by atoms with Gasteiger partial charge in [-0.15, -0.1) is 0 Å². The van der Waals surface area contributed by atoms with Crippen molar-refractivity contribution < 1.29 is 13.2 Å². The van der Waals surface area contributed by atoms with E-state index in [0.717, 1.165) is 15.7 Å². The smallest absolute Gasteiger partial charge is 0.242 e. The standard InChI is InChI=1S/C15H21BrN2O3S/c1-3-18(13-6-7-22(20,21)10-13)15(19)9-17-14-5-4-12(16)8-11(14)2/h4-5,8,13,17H,3,6-7,9-10H2,1-2H3. The molecule has 1 atom stereocenters. The van der Waals surface area contributed by atoms with Crippen LogP contribution in [-0.2, 0) is 14.6 Å². The molecule has 1 aromatic rings. The Labute approximate surface area is 140 Å². The summed E-state index contributed by atoms with van der Waals surface area (Å²) in [6.07, 6.45) is 0.541. The van der Waals surface area contributed by atoms with Crippen LogP contribution in [0.3, 0.4) is 0 Å². The highest BCUT2D eigenvalue weighted by molar-refractivity contribution is 9.10. The van der Waals surface area contributed by atoms with E-state index in [4.69, 9.17) is 0 Å². The van der Waals surface area contributed by atoms with Crippen molar-refractivity contribution in [2.75, 3.05) is 29.9 Å². The molecule has 0 radical (unpaired) electrons. The summed E-state index contributed by atoms with van der Waals surface area (Å²) in [6.45, 7) is 4.55. The quantitative estimate of drug-likeness (QED) is 0.839. The van der Waals surface area contributed by atoms with E-state index in [1.165, 1.54) is 0 Å². The van der Waals surface area contributed by atoms with Crippen molar-refractivity contribution in [1.29, 1.82) is 0 Å². The molecule has 7 heteroatoms. The van der Waals surface area contributed by atoms with Crippen LogP contribution < -0.4 is 5.32 Å². The molecule has 1 fully saturated rings. The van der Waals surface area contributed by atoms with Crippen LogP contribution in [0.15, 0.2) is 22.7 Å². The Kier molecular flexibility index (Phi) is 5.50. The normalized spacial score (nSPS) is 19.9. The Balaban J connectivity index is 1.98. The van der Waals surface area contributed by atoms with Crippen LogP contribution in [0.1, 0.15) is 18.9 Å². The minimum atomic E-state index is -2.98. The number of hydrogen-bond donors (Lipinski definition) is 1. The van der Waals surface area contributed by atoms with Crippen molar-refractivity contribution >= 4 is 37.4 Å². The highest BCUT2D eigenvalue weighted by Crippen LogP contribution is 2.21. The zero-order valence-electron chi connectivity index (χ0n) is 12.8. The lowest BCUT2D eigenvalue weighted by molar-refractivity contribution is -0.130. The molecular weight excluding hydrogens is 368 g/mol. The number of nitrogens with one attached hydrogen (secondary N) is 1. The molecule has 1 aliphatic rings. The molecule has 22 heavy (non-hydrogen) atoms. The van der Waals surface area contributed by atoms with Gasteiger partial charge in [0.2, 0.25) is 5.91 Å². The monoisotopic (exact) mass is 388 g/mol. The van der Waals surface area contributed by atoms with E-state index < -0.39 is 9.84 Å². The number of amides is 1. The molecule has 1 N–H and O–H groups in total. The number of anilines is 1. The van der Waals surface area contributed by atoms with Crippen LogP contribution in [0, 0.1) is 6.92 Å². The van der Waals surface area contributed by atoms with Crippen molar-refractivity contribution in [1.82, 2.24) is 4.90 Å². The Morgan fingerprint density at radius 3 is 2.73 bits per heavy atom. The molecule has 0 spiro atoms. The molecule has 1 saturated heterocycles. The molecule has 1 heterocycles. The molecular formula is C15H21BrN2O3S. The Morgan fingerprint density at radius 1 is 1.45 bits per heavy atom. The molecule has 0 saturated carbocycles. The summed E-state index contributed by atoms with van der Waals surface area (Å²) in [5, 5.41) is 3.14. The molecule has 122 valence electrons.